The second-order valence-corrected chi connectivity index (χ2v) is 7.04. The molecule has 0 fully saturated rings. The Morgan fingerprint density at radius 2 is 2.16 bits per heavy atom. The average Bonchev–Trinajstić information content (AvgIpc) is 2.34. The van der Waals surface area contributed by atoms with Gasteiger partial charge in [-0.05, 0) is 38.5 Å². The second kappa shape index (κ2) is 5.02. The molecule has 0 unspecified atom stereocenters. The molecule has 0 bridgehead atoms. The summed E-state index contributed by atoms with van der Waals surface area (Å²) in [5.74, 6) is 0.686. The summed E-state index contributed by atoms with van der Waals surface area (Å²) in [5, 5.41) is 3.20. The van der Waals surface area contributed by atoms with E-state index in [1.165, 1.54) is 0 Å². The van der Waals surface area contributed by atoms with Gasteiger partial charge in [0.1, 0.15) is 11.4 Å². The van der Waals surface area contributed by atoms with Crippen molar-refractivity contribution < 1.29 is 13.2 Å². The Bertz CT molecular complexity index is 567. The Kier molecular flexibility index (Phi) is 3.73. The van der Waals surface area contributed by atoms with Gasteiger partial charge in [0.25, 0.3) is 0 Å². The van der Waals surface area contributed by atoms with Crippen LogP contribution < -0.4 is 14.8 Å². The van der Waals surface area contributed by atoms with Crippen molar-refractivity contribution in [3.63, 3.8) is 0 Å². The van der Waals surface area contributed by atoms with E-state index in [0.29, 0.717) is 18.8 Å². The van der Waals surface area contributed by atoms with Gasteiger partial charge in [0.05, 0.1) is 17.1 Å². The van der Waals surface area contributed by atoms with Crippen molar-refractivity contribution >= 4 is 15.7 Å². The van der Waals surface area contributed by atoms with E-state index >= 15 is 0 Å². The first-order valence-electron chi connectivity index (χ1n) is 6.41. The molecule has 5 nitrogen and oxygen atoms in total. The molecule has 1 aliphatic rings. The fraction of sp³-hybridized carbons (Fsp3) is 0.538. The van der Waals surface area contributed by atoms with Crippen molar-refractivity contribution in [3.8, 4) is 5.75 Å². The molecule has 106 valence electrons. The third-order valence-electron chi connectivity index (χ3n) is 2.89. The zero-order chi connectivity index (χ0) is 14.1. The van der Waals surface area contributed by atoms with Crippen LogP contribution in [0.25, 0.3) is 0 Å². The number of hydrogen-bond donors (Lipinski definition) is 2. The van der Waals surface area contributed by atoms with Gasteiger partial charge in [-0.3, -0.25) is 0 Å². The number of anilines is 1. The maximum atomic E-state index is 12.0. The summed E-state index contributed by atoms with van der Waals surface area (Å²) in [6.07, 6.45) is 0.764. The molecule has 0 saturated heterocycles. The number of ether oxygens (including phenoxy) is 1. The molecule has 0 saturated carbocycles. The molecule has 0 amide bonds. The van der Waals surface area contributed by atoms with Crippen LogP contribution in [0.4, 0.5) is 5.69 Å². The number of sulfonamides is 1. The topological polar surface area (TPSA) is 67.4 Å². The smallest absolute Gasteiger partial charge is 0.240 e. The highest BCUT2D eigenvalue weighted by Gasteiger charge is 2.27. The molecule has 2 N–H and O–H groups in total. The molecule has 0 atom stereocenters. The van der Waals surface area contributed by atoms with E-state index < -0.39 is 10.0 Å². The van der Waals surface area contributed by atoms with Crippen LogP contribution in [-0.2, 0) is 10.0 Å². The number of rotatable bonds is 4. The van der Waals surface area contributed by atoms with Crippen LogP contribution in [0.1, 0.15) is 27.2 Å². The van der Waals surface area contributed by atoms with E-state index in [-0.39, 0.29) is 10.5 Å². The van der Waals surface area contributed by atoms with Gasteiger partial charge in [-0.1, -0.05) is 6.92 Å². The zero-order valence-electron chi connectivity index (χ0n) is 11.5. The maximum absolute atomic E-state index is 12.0. The SMILES string of the molecule is CCCNS(=O)(=O)c1ccc2c(c1)NCC(C)(C)O2. The molecule has 1 aliphatic heterocycles. The van der Waals surface area contributed by atoms with Gasteiger partial charge in [-0.25, -0.2) is 13.1 Å². The van der Waals surface area contributed by atoms with E-state index in [0.717, 1.165) is 12.1 Å². The maximum Gasteiger partial charge on any atom is 0.240 e. The summed E-state index contributed by atoms with van der Waals surface area (Å²) in [5.41, 5.74) is 0.437. The summed E-state index contributed by atoms with van der Waals surface area (Å²) in [4.78, 5) is 0.260. The number of fused-ring (bicyclic) bond motifs is 1. The summed E-state index contributed by atoms with van der Waals surface area (Å²) in [6.45, 7) is 6.97. The Hall–Kier alpha value is -1.27. The van der Waals surface area contributed by atoms with Crippen molar-refractivity contribution in [2.45, 2.75) is 37.7 Å². The molecule has 2 rings (SSSR count). The summed E-state index contributed by atoms with van der Waals surface area (Å²) in [7, 11) is -3.43. The summed E-state index contributed by atoms with van der Waals surface area (Å²) in [6, 6.07) is 4.88. The van der Waals surface area contributed by atoms with Crippen molar-refractivity contribution in [3.05, 3.63) is 18.2 Å². The van der Waals surface area contributed by atoms with Gasteiger partial charge < -0.3 is 10.1 Å². The van der Waals surface area contributed by atoms with Crippen LogP contribution in [0.5, 0.6) is 5.75 Å². The van der Waals surface area contributed by atoms with Crippen LogP contribution in [0.3, 0.4) is 0 Å². The van der Waals surface area contributed by atoms with Gasteiger partial charge in [-0.15, -0.1) is 0 Å². The lowest BCUT2D eigenvalue weighted by molar-refractivity contribution is 0.116. The normalized spacial score (nSPS) is 17.2. The van der Waals surface area contributed by atoms with Crippen molar-refractivity contribution in [2.75, 3.05) is 18.4 Å². The van der Waals surface area contributed by atoms with Gasteiger partial charge in [0.15, 0.2) is 0 Å². The number of nitrogens with one attached hydrogen (secondary N) is 2. The largest absolute Gasteiger partial charge is 0.484 e. The standard InChI is InChI=1S/C13H20N2O3S/c1-4-7-15-19(16,17)10-5-6-12-11(8-10)14-9-13(2,3)18-12/h5-6,8,14-15H,4,7,9H2,1-3H3. The first-order valence-corrected chi connectivity index (χ1v) is 7.89. The lowest BCUT2D eigenvalue weighted by Gasteiger charge is -2.33. The molecule has 0 aromatic heterocycles. The van der Waals surface area contributed by atoms with Crippen molar-refractivity contribution in [2.24, 2.45) is 0 Å². The highest BCUT2D eigenvalue weighted by Crippen LogP contribution is 2.34. The molecule has 0 spiro atoms. The monoisotopic (exact) mass is 284 g/mol. The van der Waals surface area contributed by atoms with Crippen LogP contribution in [-0.4, -0.2) is 27.1 Å². The van der Waals surface area contributed by atoms with E-state index in [4.69, 9.17) is 4.74 Å². The first-order chi connectivity index (χ1) is 8.84. The predicted octanol–water partition coefficient (Wildman–Crippen LogP) is 1.96. The second-order valence-electron chi connectivity index (χ2n) is 5.27. The van der Waals surface area contributed by atoms with E-state index in [2.05, 4.69) is 10.0 Å². The van der Waals surface area contributed by atoms with Gasteiger partial charge in [0.2, 0.25) is 10.0 Å². The molecule has 1 aromatic carbocycles. The molecule has 0 aliphatic carbocycles. The molecule has 0 radical (unpaired) electrons. The number of hydrogen-bond acceptors (Lipinski definition) is 4. The van der Waals surface area contributed by atoms with Crippen LogP contribution in [0.2, 0.25) is 0 Å². The fourth-order valence-corrected chi connectivity index (χ4v) is 3.02. The molecule has 19 heavy (non-hydrogen) atoms. The van der Waals surface area contributed by atoms with E-state index in [1.807, 2.05) is 20.8 Å². The van der Waals surface area contributed by atoms with Crippen LogP contribution >= 0.6 is 0 Å². The minimum absolute atomic E-state index is 0.260. The molecule has 1 heterocycles. The zero-order valence-corrected chi connectivity index (χ0v) is 12.3. The van der Waals surface area contributed by atoms with Gasteiger partial charge in [-0.2, -0.15) is 0 Å². The van der Waals surface area contributed by atoms with Crippen LogP contribution in [0, 0.1) is 0 Å². The highest BCUT2D eigenvalue weighted by atomic mass is 32.2. The third-order valence-corrected chi connectivity index (χ3v) is 4.35. The molecular weight excluding hydrogens is 264 g/mol. The Labute approximate surface area is 114 Å². The highest BCUT2D eigenvalue weighted by molar-refractivity contribution is 7.89. The average molecular weight is 284 g/mol. The molecular formula is C13H20N2O3S. The van der Waals surface area contributed by atoms with Gasteiger partial charge in [0, 0.05) is 6.54 Å². The summed E-state index contributed by atoms with van der Waals surface area (Å²) >= 11 is 0. The Morgan fingerprint density at radius 3 is 2.84 bits per heavy atom. The Morgan fingerprint density at radius 1 is 1.42 bits per heavy atom. The fourth-order valence-electron chi connectivity index (χ4n) is 1.86. The van der Waals surface area contributed by atoms with Crippen molar-refractivity contribution in [1.82, 2.24) is 4.72 Å². The summed E-state index contributed by atoms with van der Waals surface area (Å²) < 4.78 is 32.4. The van der Waals surface area contributed by atoms with E-state index in [9.17, 15) is 8.42 Å². The molecule has 6 heteroatoms. The van der Waals surface area contributed by atoms with E-state index in [1.54, 1.807) is 18.2 Å². The lowest BCUT2D eigenvalue weighted by Crippen LogP contribution is -2.40. The lowest BCUT2D eigenvalue weighted by atomic mass is 10.1. The van der Waals surface area contributed by atoms with Crippen LogP contribution in [0.15, 0.2) is 23.1 Å². The predicted molar refractivity (Wildman–Crippen MR) is 75.1 cm³/mol. The van der Waals surface area contributed by atoms with Gasteiger partial charge >= 0.3 is 0 Å². The number of benzene rings is 1. The minimum Gasteiger partial charge on any atom is -0.484 e. The molecule has 1 aromatic rings. The first kappa shape index (κ1) is 14.1. The van der Waals surface area contributed by atoms with Crippen molar-refractivity contribution in [1.29, 1.82) is 0 Å². The minimum atomic E-state index is -3.43. The Balaban J connectivity index is 2.28. The quantitative estimate of drug-likeness (QED) is 0.887. The third kappa shape index (κ3) is 3.19.